The van der Waals surface area contributed by atoms with Gasteiger partial charge in [0.1, 0.15) is 5.82 Å². The molecule has 0 spiro atoms. The van der Waals surface area contributed by atoms with Crippen molar-refractivity contribution in [1.82, 2.24) is 0 Å². The minimum atomic E-state index is -0.0835. The molecular weight excluding hydrogens is 187 g/mol. The van der Waals surface area contributed by atoms with Crippen molar-refractivity contribution in [2.75, 3.05) is 0 Å². The summed E-state index contributed by atoms with van der Waals surface area (Å²) in [5.74, 6) is 0.793. The molecule has 0 nitrogen and oxygen atoms in total. The molecule has 0 fully saturated rings. The molecular formula is C14H19F. The van der Waals surface area contributed by atoms with E-state index in [9.17, 15) is 4.39 Å². The molecule has 15 heavy (non-hydrogen) atoms. The molecule has 1 aliphatic carbocycles. The van der Waals surface area contributed by atoms with Gasteiger partial charge >= 0.3 is 0 Å². The standard InChI is InChI=1S/C14H19F/c1-8(2)11-6-10(15)7-12-9(3)14(4,5)13(11)12/h6-9H,1-5H3. The lowest BCUT2D eigenvalue weighted by Crippen LogP contribution is -2.38. The second kappa shape index (κ2) is 3.07. The first kappa shape index (κ1) is 10.7. The molecule has 0 heterocycles. The van der Waals surface area contributed by atoms with Crippen LogP contribution in [0.1, 0.15) is 63.1 Å². The van der Waals surface area contributed by atoms with Crippen molar-refractivity contribution in [3.8, 4) is 0 Å². The zero-order chi connectivity index (χ0) is 11.4. The highest BCUT2D eigenvalue weighted by atomic mass is 19.1. The topological polar surface area (TPSA) is 0 Å². The first-order chi connectivity index (χ1) is 6.85. The molecule has 0 aromatic heterocycles. The molecule has 0 saturated heterocycles. The van der Waals surface area contributed by atoms with Gasteiger partial charge in [-0.05, 0) is 46.1 Å². The van der Waals surface area contributed by atoms with Crippen LogP contribution in [0.3, 0.4) is 0 Å². The fourth-order valence-corrected chi connectivity index (χ4v) is 2.72. The lowest BCUT2D eigenvalue weighted by atomic mass is 9.57. The van der Waals surface area contributed by atoms with E-state index in [4.69, 9.17) is 0 Å². The van der Waals surface area contributed by atoms with Crippen LogP contribution in [-0.4, -0.2) is 0 Å². The van der Waals surface area contributed by atoms with Gasteiger partial charge in [0.25, 0.3) is 0 Å². The van der Waals surface area contributed by atoms with E-state index >= 15 is 0 Å². The number of halogens is 1. The van der Waals surface area contributed by atoms with E-state index in [0.29, 0.717) is 11.8 Å². The number of benzene rings is 1. The monoisotopic (exact) mass is 206 g/mol. The van der Waals surface area contributed by atoms with Crippen molar-refractivity contribution < 1.29 is 4.39 Å². The third-order valence-electron chi connectivity index (χ3n) is 3.98. The maximum atomic E-state index is 13.4. The first-order valence-corrected chi connectivity index (χ1v) is 5.69. The summed E-state index contributed by atoms with van der Waals surface area (Å²) >= 11 is 0. The zero-order valence-corrected chi connectivity index (χ0v) is 10.2. The summed E-state index contributed by atoms with van der Waals surface area (Å²) in [5, 5.41) is 0. The van der Waals surface area contributed by atoms with Gasteiger partial charge in [-0.3, -0.25) is 0 Å². The minimum absolute atomic E-state index is 0.0835. The molecule has 0 radical (unpaired) electrons. The predicted molar refractivity (Wildman–Crippen MR) is 61.9 cm³/mol. The SMILES string of the molecule is CC(C)c1cc(F)cc2c1C(C)(C)C2C. The van der Waals surface area contributed by atoms with Gasteiger partial charge in [-0.15, -0.1) is 0 Å². The van der Waals surface area contributed by atoms with Gasteiger partial charge in [0.15, 0.2) is 0 Å². The maximum Gasteiger partial charge on any atom is 0.123 e. The molecule has 0 bridgehead atoms. The molecule has 1 aromatic rings. The second-order valence-corrected chi connectivity index (χ2v) is 5.56. The predicted octanol–water partition coefficient (Wildman–Crippen LogP) is 4.34. The highest BCUT2D eigenvalue weighted by molar-refractivity contribution is 5.54. The van der Waals surface area contributed by atoms with Gasteiger partial charge in [-0.25, -0.2) is 4.39 Å². The van der Waals surface area contributed by atoms with E-state index < -0.39 is 0 Å². The lowest BCUT2D eigenvalue weighted by molar-refractivity contribution is 0.361. The third-order valence-corrected chi connectivity index (χ3v) is 3.98. The fraction of sp³-hybridized carbons (Fsp3) is 0.571. The van der Waals surface area contributed by atoms with Crippen LogP contribution in [0.15, 0.2) is 12.1 Å². The van der Waals surface area contributed by atoms with Crippen molar-refractivity contribution in [1.29, 1.82) is 0 Å². The molecule has 1 heteroatoms. The molecule has 82 valence electrons. The largest absolute Gasteiger partial charge is 0.207 e. The molecule has 1 unspecified atom stereocenters. The third kappa shape index (κ3) is 1.32. The van der Waals surface area contributed by atoms with Gasteiger partial charge in [-0.2, -0.15) is 0 Å². The number of hydrogen-bond acceptors (Lipinski definition) is 0. The Balaban J connectivity index is 2.65. The van der Waals surface area contributed by atoms with Crippen molar-refractivity contribution in [2.45, 2.75) is 51.9 Å². The van der Waals surface area contributed by atoms with Crippen LogP contribution < -0.4 is 0 Å². The normalized spacial score (nSPS) is 22.5. The van der Waals surface area contributed by atoms with Crippen molar-refractivity contribution in [3.05, 3.63) is 34.6 Å². The Morgan fingerprint density at radius 1 is 1.27 bits per heavy atom. The summed E-state index contributed by atoms with van der Waals surface area (Å²) in [5.41, 5.74) is 3.99. The highest BCUT2D eigenvalue weighted by Gasteiger charge is 2.43. The van der Waals surface area contributed by atoms with Gasteiger partial charge in [0.2, 0.25) is 0 Å². The second-order valence-electron chi connectivity index (χ2n) is 5.56. The number of hydrogen-bond donors (Lipinski definition) is 0. The van der Waals surface area contributed by atoms with Crippen LogP contribution in [-0.2, 0) is 5.41 Å². The molecule has 1 atom stereocenters. The molecule has 1 aromatic carbocycles. The van der Waals surface area contributed by atoms with Gasteiger partial charge in [0.05, 0.1) is 0 Å². The Kier molecular flexibility index (Phi) is 2.18. The van der Waals surface area contributed by atoms with E-state index in [1.807, 2.05) is 0 Å². The number of fused-ring (bicyclic) bond motifs is 1. The quantitative estimate of drug-likeness (QED) is 0.641. The Morgan fingerprint density at radius 3 is 2.40 bits per heavy atom. The van der Waals surface area contributed by atoms with Crippen molar-refractivity contribution in [3.63, 3.8) is 0 Å². The zero-order valence-electron chi connectivity index (χ0n) is 10.2. The van der Waals surface area contributed by atoms with E-state index in [2.05, 4.69) is 34.6 Å². The van der Waals surface area contributed by atoms with Gasteiger partial charge in [0, 0.05) is 0 Å². The molecule has 0 amide bonds. The summed E-state index contributed by atoms with van der Waals surface area (Å²) in [6, 6.07) is 3.41. The molecule has 0 N–H and O–H groups in total. The van der Waals surface area contributed by atoms with Crippen LogP contribution in [0.4, 0.5) is 4.39 Å². The van der Waals surface area contributed by atoms with E-state index in [1.165, 1.54) is 16.7 Å². The Bertz CT molecular complexity index is 402. The van der Waals surface area contributed by atoms with Crippen LogP contribution >= 0.6 is 0 Å². The number of rotatable bonds is 1. The van der Waals surface area contributed by atoms with Gasteiger partial charge < -0.3 is 0 Å². The average Bonchev–Trinajstić information content (AvgIpc) is 2.15. The van der Waals surface area contributed by atoms with E-state index in [1.54, 1.807) is 12.1 Å². The summed E-state index contributed by atoms with van der Waals surface area (Å²) in [6.07, 6.45) is 0. The van der Waals surface area contributed by atoms with Crippen LogP contribution in [0.5, 0.6) is 0 Å². The van der Waals surface area contributed by atoms with Crippen molar-refractivity contribution >= 4 is 0 Å². The Labute approximate surface area is 91.5 Å². The molecule has 0 aliphatic heterocycles. The van der Waals surface area contributed by atoms with Crippen molar-refractivity contribution in [2.24, 2.45) is 0 Å². The van der Waals surface area contributed by atoms with Crippen LogP contribution in [0, 0.1) is 5.82 Å². The summed E-state index contributed by atoms with van der Waals surface area (Å²) in [6.45, 7) is 11.0. The smallest absolute Gasteiger partial charge is 0.123 e. The molecule has 1 aliphatic rings. The highest BCUT2D eigenvalue weighted by Crippen LogP contribution is 2.53. The van der Waals surface area contributed by atoms with Crippen LogP contribution in [0.2, 0.25) is 0 Å². The summed E-state index contributed by atoms with van der Waals surface area (Å²) < 4.78 is 13.4. The summed E-state index contributed by atoms with van der Waals surface area (Å²) in [7, 11) is 0. The maximum absolute atomic E-state index is 13.4. The molecule has 2 rings (SSSR count). The average molecular weight is 206 g/mol. The first-order valence-electron chi connectivity index (χ1n) is 5.69. The Morgan fingerprint density at radius 2 is 1.87 bits per heavy atom. The lowest BCUT2D eigenvalue weighted by Gasteiger charge is -2.47. The summed E-state index contributed by atoms with van der Waals surface area (Å²) in [4.78, 5) is 0. The van der Waals surface area contributed by atoms with Gasteiger partial charge in [-0.1, -0.05) is 34.6 Å². The fourth-order valence-electron chi connectivity index (χ4n) is 2.72. The van der Waals surface area contributed by atoms with E-state index in [-0.39, 0.29) is 11.2 Å². The minimum Gasteiger partial charge on any atom is -0.207 e. The molecule has 0 saturated carbocycles. The van der Waals surface area contributed by atoms with Crippen LogP contribution in [0.25, 0.3) is 0 Å². The Hall–Kier alpha value is -0.850. The van der Waals surface area contributed by atoms with E-state index in [0.717, 1.165) is 0 Å².